The molecule has 0 spiro atoms. The maximum atomic E-state index is 13.2. The summed E-state index contributed by atoms with van der Waals surface area (Å²) in [5.41, 5.74) is 2.31. The topological polar surface area (TPSA) is 38.3 Å². The summed E-state index contributed by atoms with van der Waals surface area (Å²) >= 11 is 0. The zero-order valence-corrected chi connectivity index (χ0v) is 13.1. The first-order valence-electron chi connectivity index (χ1n) is 7.84. The zero-order valence-electron chi connectivity index (χ0n) is 13.1. The monoisotopic (exact) mass is 313 g/mol. The third-order valence-electron chi connectivity index (χ3n) is 4.22. The van der Waals surface area contributed by atoms with Gasteiger partial charge in [-0.3, -0.25) is 4.79 Å². The van der Waals surface area contributed by atoms with Crippen LogP contribution in [0.4, 0.5) is 10.1 Å². The predicted octanol–water partition coefficient (Wildman–Crippen LogP) is 4.07. The number of rotatable bonds is 5. The van der Waals surface area contributed by atoms with Gasteiger partial charge in [0.1, 0.15) is 5.82 Å². The van der Waals surface area contributed by atoms with E-state index in [1.807, 2.05) is 30.3 Å². The van der Waals surface area contributed by atoms with Gasteiger partial charge in [0.2, 0.25) is 5.91 Å². The molecule has 1 N–H and O–H groups in total. The van der Waals surface area contributed by atoms with Crippen LogP contribution in [0.15, 0.2) is 48.5 Å². The van der Waals surface area contributed by atoms with E-state index in [9.17, 15) is 9.18 Å². The molecule has 0 heterocycles. The van der Waals surface area contributed by atoms with Gasteiger partial charge < -0.3 is 10.1 Å². The van der Waals surface area contributed by atoms with Crippen LogP contribution in [0.25, 0.3) is 0 Å². The fraction of sp³-hybridized carbons (Fsp3) is 0.316. The van der Waals surface area contributed by atoms with Crippen molar-refractivity contribution in [2.45, 2.75) is 32.5 Å². The summed E-state index contributed by atoms with van der Waals surface area (Å²) in [5, 5.41) is 2.85. The Labute approximate surface area is 135 Å². The number of nitrogens with one attached hydrogen (secondary N) is 1. The smallest absolute Gasteiger partial charge is 0.227 e. The quantitative estimate of drug-likeness (QED) is 0.903. The normalized spacial score (nSPS) is 19.9. The molecular weight excluding hydrogens is 293 g/mol. The van der Waals surface area contributed by atoms with Gasteiger partial charge in [-0.2, -0.15) is 0 Å². The highest BCUT2D eigenvalue weighted by molar-refractivity contribution is 5.93. The molecule has 1 aliphatic carbocycles. The van der Waals surface area contributed by atoms with Crippen molar-refractivity contribution >= 4 is 11.6 Å². The molecule has 2 aromatic rings. The van der Waals surface area contributed by atoms with Crippen molar-refractivity contribution in [3.63, 3.8) is 0 Å². The minimum Gasteiger partial charge on any atom is -0.373 e. The Bertz CT molecular complexity index is 681. The molecule has 2 aromatic carbocycles. The molecular formula is C19H20FNO2. The number of carbonyl (C=O) groups is 1. The van der Waals surface area contributed by atoms with E-state index in [2.05, 4.69) is 5.32 Å². The average Bonchev–Trinajstić information content (AvgIpc) is 2.50. The maximum absolute atomic E-state index is 13.2. The molecule has 0 aromatic heterocycles. The first-order chi connectivity index (χ1) is 11.1. The number of hydrogen-bond donors (Lipinski definition) is 1. The van der Waals surface area contributed by atoms with Crippen LogP contribution in [0.2, 0.25) is 0 Å². The molecule has 0 aliphatic heterocycles. The van der Waals surface area contributed by atoms with Gasteiger partial charge in [0.25, 0.3) is 0 Å². The van der Waals surface area contributed by atoms with Gasteiger partial charge >= 0.3 is 0 Å². The molecule has 23 heavy (non-hydrogen) atoms. The number of anilines is 1. The standard InChI is InChI=1S/C19H20FNO2/c1-13-9-16(7-8-18(13)20)21-19(22)15-10-17(11-15)23-12-14-5-3-2-4-6-14/h2-9,15,17H,10-12H2,1H3,(H,21,22). The molecule has 0 bridgehead atoms. The van der Waals surface area contributed by atoms with Crippen molar-refractivity contribution in [2.24, 2.45) is 5.92 Å². The van der Waals surface area contributed by atoms with Crippen LogP contribution in [0.5, 0.6) is 0 Å². The number of halogens is 1. The Morgan fingerprint density at radius 1 is 1.22 bits per heavy atom. The number of ether oxygens (including phenoxy) is 1. The Morgan fingerprint density at radius 3 is 2.65 bits per heavy atom. The third-order valence-corrected chi connectivity index (χ3v) is 4.22. The maximum Gasteiger partial charge on any atom is 0.227 e. The highest BCUT2D eigenvalue weighted by Gasteiger charge is 2.35. The van der Waals surface area contributed by atoms with Gasteiger partial charge in [0.05, 0.1) is 12.7 Å². The van der Waals surface area contributed by atoms with Crippen LogP contribution < -0.4 is 5.32 Å². The van der Waals surface area contributed by atoms with Gasteiger partial charge in [-0.15, -0.1) is 0 Å². The Balaban J connectivity index is 1.43. The summed E-state index contributed by atoms with van der Waals surface area (Å²) in [6, 6.07) is 14.6. The van der Waals surface area contributed by atoms with Gasteiger partial charge in [0, 0.05) is 11.6 Å². The van der Waals surface area contributed by atoms with E-state index in [4.69, 9.17) is 4.74 Å². The van der Waals surface area contributed by atoms with Crippen LogP contribution >= 0.6 is 0 Å². The van der Waals surface area contributed by atoms with Crippen LogP contribution in [-0.4, -0.2) is 12.0 Å². The molecule has 120 valence electrons. The molecule has 1 fully saturated rings. The molecule has 3 rings (SSSR count). The molecule has 0 radical (unpaired) electrons. The lowest BCUT2D eigenvalue weighted by atomic mass is 9.81. The summed E-state index contributed by atoms with van der Waals surface area (Å²) in [5.74, 6) is -0.308. The van der Waals surface area contributed by atoms with E-state index in [1.54, 1.807) is 19.1 Å². The Kier molecular flexibility index (Phi) is 4.72. The fourth-order valence-electron chi connectivity index (χ4n) is 2.67. The van der Waals surface area contributed by atoms with E-state index in [0.717, 1.165) is 18.4 Å². The molecule has 3 nitrogen and oxygen atoms in total. The largest absolute Gasteiger partial charge is 0.373 e. The van der Waals surface area contributed by atoms with Crippen molar-refractivity contribution in [3.05, 3.63) is 65.5 Å². The SMILES string of the molecule is Cc1cc(NC(=O)C2CC(OCc3ccccc3)C2)ccc1F. The minimum absolute atomic E-state index is 0.0180. The van der Waals surface area contributed by atoms with Crippen LogP contribution in [0.1, 0.15) is 24.0 Å². The lowest BCUT2D eigenvalue weighted by Crippen LogP contribution is -2.39. The van der Waals surface area contributed by atoms with Crippen molar-refractivity contribution in [2.75, 3.05) is 5.32 Å². The Morgan fingerprint density at radius 2 is 1.96 bits per heavy atom. The number of aryl methyl sites for hydroxylation is 1. The van der Waals surface area contributed by atoms with Crippen molar-refractivity contribution in [1.29, 1.82) is 0 Å². The zero-order chi connectivity index (χ0) is 16.2. The van der Waals surface area contributed by atoms with Crippen molar-refractivity contribution in [1.82, 2.24) is 0 Å². The molecule has 1 saturated carbocycles. The first kappa shape index (κ1) is 15.7. The lowest BCUT2D eigenvalue weighted by molar-refractivity contribution is -0.129. The van der Waals surface area contributed by atoms with Crippen LogP contribution in [-0.2, 0) is 16.1 Å². The lowest BCUT2D eigenvalue weighted by Gasteiger charge is -2.34. The van der Waals surface area contributed by atoms with Crippen molar-refractivity contribution in [3.8, 4) is 0 Å². The third kappa shape index (κ3) is 3.96. The fourth-order valence-corrected chi connectivity index (χ4v) is 2.67. The van der Waals surface area contributed by atoms with E-state index in [-0.39, 0.29) is 23.7 Å². The van der Waals surface area contributed by atoms with Gasteiger partial charge in [-0.1, -0.05) is 30.3 Å². The molecule has 0 unspecified atom stereocenters. The molecule has 1 aliphatic rings. The molecule has 1 amide bonds. The van der Waals surface area contributed by atoms with Gasteiger partial charge in [-0.05, 0) is 49.1 Å². The summed E-state index contributed by atoms with van der Waals surface area (Å²) in [4.78, 5) is 12.2. The summed E-state index contributed by atoms with van der Waals surface area (Å²) in [7, 11) is 0. The number of amides is 1. The summed E-state index contributed by atoms with van der Waals surface area (Å²) in [6.45, 7) is 2.26. The first-order valence-corrected chi connectivity index (χ1v) is 7.84. The second-order valence-electron chi connectivity index (χ2n) is 6.04. The van der Waals surface area contributed by atoms with Crippen LogP contribution in [0, 0.1) is 18.7 Å². The highest BCUT2D eigenvalue weighted by atomic mass is 19.1. The van der Waals surface area contributed by atoms with E-state index < -0.39 is 0 Å². The van der Waals surface area contributed by atoms with Crippen LogP contribution in [0.3, 0.4) is 0 Å². The molecule has 4 heteroatoms. The van der Waals surface area contributed by atoms with Gasteiger partial charge in [0.15, 0.2) is 0 Å². The summed E-state index contributed by atoms with van der Waals surface area (Å²) in [6.07, 6.45) is 1.61. The van der Waals surface area contributed by atoms with Crippen molar-refractivity contribution < 1.29 is 13.9 Å². The average molecular weight is 313 g/mol. The highest BCUT2D eigenvalue weighted by Crippen LogP contribution is 2.32. The molecule has 0 saturated heterocycles. The Hall–Kier alpha value is -2.20. The number of benzene rings is 2. The predicted molar refractivity (Wildman–Crippen MR) is 87.5 cm³/mol. The minimum atomic E-state index is -0.263. The second kappa shape index (κ2) is 6.92. The van der Waals surface area contributed by atoms with Gasteiger partial charge in [-0.25, -0.2) is 4.39 Å². The van der Waals surface area contributed by atoms with E-state index in [1.165, 1.54) is 6.07 Å². The van der Waals surface area contributed by atoms with E-state index >= 15 is 0 Å². The van der Waals surface area contributed by atoms with E-state index in [0.29, 0.717) is 17.9 Å². The second-order valence-corrected chi connectivity index (χ2v) is 6.04. The number of carbonyl (C=O) groups excluding carboxylic acids is 1. The molecule has 0 atom stereocenters. The number of hydrogen-bond acceptors (Lipinski definition) is 2. The summed E-state index contributed by atoms with van der Waals surface area (Å²) < 4.78 is 19.0.